The molecule has 2 N–H and O–H groups in total. The van der Waals surface area contributed by atoms with E-state index in [1.54, 1.807) is 18.7 Å². The molecule has 1 amide bonds. The van der Waals surface area contributed by atoms with Gasteiger partial charge in [0.25, 0.3) is 0 Å². The van der Waals surface area contributed by atoms with Crippen molar-refractivity contribution in [3.63, 3.8) is 0 Å². The van der Waals surface area contributed by atoms with Crippen LogP contribution in [0.2, 0.25) is 0 Å². The summed E-state index contributed by atoms with van der Waals surface area (Å²) < 4.78 is 5.48. The average Bonchev–Trinajstić information content (AvgIpc) is 2.26. The monoisotopic (exact) mass is 220 g/mol. The number of carbonyl (C=O) groups excluding carboxylic acids is 1. The summed E-state index contributed by atoms with van der Waals surface area (Å²) in [5.74, 6) is 0.662. The molecule has 0 aromatic heterocycles. The van der Waals surface area contributed by atoms with Crippen molar-refractivity contribution >= 4 is 11.6 Å². The molecule has 2 rings (SSSR count). The van der Waals surface area contributed by atoms with E-state index in [0.717, 1.165) is 11.4 Å². The molecule has 4 nitrogen and oxygen atoms in total. The molecule has 0 radical (unpaired) electrons. The third kappa shape index (κ3) is 1.88. The molecule has 1 aromatic carbocycles. The van der Waals surface area contributed by atoms with Gasteiger partial charge in [-0.1, -0.05) is 12.1 Å². The molecule has 1 heterocycles. The Kier molecular flexibility index (Phi) is 2.59. The minimum absolute atomic E-state index is 0.0803. The summed E-state index contributed by atoms with van der Waals surface area (Å²) >= 11 is 0. The average molecular weight is 220 g/mol. The third-order valence-corrected chi connectivity index (χ3v) is 2.52. The summed E-state index contributed by atoms with van der Waals surface area (Å²) in [4.78, 5) is 13.8. The highest BCUT2D eigenvalue weighted by Crippen LogP contribution is 2.31. The van der Waals surface area contributed by atoms with Gasteiger partial charge in [-0.05, 0) is 26.0 Å². The lowest BCUT2D eigenvalue weighted by Crippen LogP contribution is -2.53. The normalized spacial score (nSPS) is 15.3. The first-order valence-corrected chi connectivity index (χ1v) is 5.33. The van der Waals surface area contributed by atoms with Crippen molar-refractivity contribution in [1.82, 2.24) is 0 Å². The quantitative estimate of drug-likeness (QED) is 0.772. The zero-order valence-electron chi connectivity index (χ0n) is 9.56. The van der Waals surface area contributed by atoms with Gasteiger partial charge in [-0.25, -0.2) is 0 Å². The molecular formula is C12H16N2O2. The van der Waals surface area contributed by atoms with Gasteiger partial charge in [0.2, 0.25) is 5.91 Å². The Labute approximate surface area is 95.0 Å². The number of ether oxygens (including phenoxy) is 1. The van der Waals surface area contributed by atoms with E-state index in [0.29, 0.717) is 13.2 Å². The number of nitrogens with two attached hydrogens (primary N) is 1. The van der Waals surface area contributed by atoms with Gasteiger partial charge in [0.15, 0.2) is 0 Å². The maximum absolute atomic E-state index is 12.1. The number of rotatable bonds is 1. The highest BCUT2D eigenvalue weighted by atomic mass is 16.5. The van der Waals surface area contributed by atoms with Crippen molar-refractivity contribution in [2.45, 2.75) is 19.4 Å². The molecular weight excluding hydrogens is 204 g/mol. The van der Waals surface area contributed by atoms with Gasteiger partial charge in [-0.2, -0.15) is 0 Å². The predicted octanol–water partition coefficient (Wildman–Crippen LogP) is 1.15. The Balaban J connectivity index is 2.36. The van der Waals surface area contributed by atoms with Crippen LogP contribution in [0, 0.1) is 0 Å². The molecule has 0 saturated heterocycles. The van der Waals surface area contributed by atoms with Crippen LogP contribution in [0.15, 0.2) is 24.3 Å². The number of hydrogen-bond donors (Lipinski definition) is 1. The van der Waals surface area contributed by atoms with Gasteiger partial charge in [0, 0.05) is 0 Å². The van der Waals surface area contributed by atoms with Crippen LogP contribution in [0.5, 0.6) is 5.75 Å². The van der Waals surface area contributed by atoms with Crippen LogP contribution in [-0.4, -0.2) is 24.6 Å². The lowest BCUT2D eigenvalue weighted by molar-refractivity contribution is -0.122. The van der Waals surface area contributed by atoms with Crippen LogP contribution in [-0.2, 0) is 4.79 Å². The lowest BCUT2D eigenvalue weighted by atomic mass is 10.0. The molecule has 0 saturated carbocycles. The number of benzene rings is 1. The number of fused-ring (bicyclic) bond motifs is 1. The highest BCUT2D eigenvalue weighted by molar-refractivity contribution is 6.00. The summed E-state index contributed by atoms with van der Waals surface area (Å²) in [5, 5.41) is 0. The number of carbonyl (C=O) groups is 1. The zero-order valence-corrected chi connectivity index (χ0v) is 9.56. The molecule has 0 spiro atoms. The summed E-state index contributed by atoms with van der Waals surface area (Å²) in [7, 11) is 0. The Morgan fingerprint density at radius 2 is 2.12 bits per heavy atom. The first kappa shape index (κ1) is 11.0. The fourth-order valence-electron chi connectivity index (χ4n) is 1.73. The van der Waals surface area contributed by atoms with Gasteiger partial charge in [0.1, 0.15) is 12.4 Å². The standard InChI is InChI=1S/C12H16N2O2/c1-12(2,13)11(15)14-7-8-16-10-6-4-3-5-9(10)14/h3-6H,7-8,13H2,1-2H3. The largest absolute Gasteiger partial charge is 0.490 e. The van der Waals surface area contributed by atoms with Crippen LogP contribution in [0.4, 0.5) is 5.69 Å². The zero-order chi connectivity index (χ0) is 11.8. The Morgan fingerprint density at radius 1 is 1.44 bits per heavy atom. The molecule has 0 fully saturated rings. The summed E-state index contributed by atoms with van der Waals surface area (Å²) in [6.07, 6.45) is 0. The number of para-hydroxylation sites is 2. The van der Waals surface area contributed by atoms with Crippen LogP contribution in [0.1, 0.15) is 13.8 Å². The summed E-state index contributed by atoms with van der Waals surface area (Å²) in [5.41, 5.74) is 5.78. The van der Waals surface area contributed by atoms with Crippen LogP contribution >= 0.6 is 0 Å². The summed E-state index contributed by atoms with van der Waals surface area (Å²) in [6.45, 7) is 4.50. The van der Waals surface area contributed by atoms with Gasteiger partial charge in [0.05, 0.1) is 17.8 Å². The van der Waals surface area contributed by atoms with Crippen molar-refractivity contribution in [2.75, 3.05) is 18.1 Å². The summed E-state index contributed by atoms with van der Waals surface area (Å²) in [6, 6.07) is 7.51. The minimum atomic E-state index is -0.857. The van der Waals surface area contributed by atoms with E-state index in [4.69, 9.17) is 10.5 Å². The fraction of sp³-hybridized carbons (Fsp3) is 0.417. The van der Waals surface area contributed by atoms with Crippen molar-refractivity contribution in [1.29, 1.82) is 0 Å². The maximum atomic E-state index is 12.1. The first-order valence-electron chi connectivity index (χ1n) is 5.33. The van der Waals surface area contributed by atoms with Gasteiger partial charge < -0.3 is 15.4 Å². The van der Waals surface area contributed by atoms with Crippen molar-refractivity contribution in [3.05, 3.63) is 24.3 Å². The Hall–Kier alpha value is -1.55. The minimum Gasteiger partial charge on any atom is -0.490 e. The van der Waals surface area contributed by atoms with Crippen LogP contribution in [0.25, 0.3) is 0 Å². The highest BCUT2D eigenvalue weighted by Gasteiger charge is 2.31. The van der Waals surface area contributed by atoms with Crippen molar-refractivity contribution in [2.24, 2.45) is 5.73 Å². The van der Waals surface area contributed by atoms with Crippen LogP contribution < -0.4 is 15.4 Å². The second kappa shape index (κ2) is 3.79. The number of anilines is 1. The number of hydrogen-bond acceptors (Lipinski definition) is 3. The van der Waals surface area contributed by atoms with Crippen molar-refractivity contribution in [3.8, 4) is 5.75 Å². The lowest BCUT2D eigenvalue weighted by Gasteiger charge is -2.33. The van der Waals surface area contributed by atoms with E-state index in [-0.39, 0.29) is 5.91 Å². The third-order valence-electron chi connectivity index (χ3n) is 2.52. The van der Waals surface area contributed by atoms with Gasteiger partial charge >= 0.3 is 0 Å². The first-order chi connectivity index (χ1) is 7.50. The number of nitrogens with zero attached hydrogens (tertiary/aromatic N) is 1. The van der Waals surface area contributed by atoms with E-state index >= 15 is 0 Å². The SMILES string of the molecule is CC(C)(N)C(=O)N1CCOc2ccccc21. The number of amides is 1. The molecule has 0 unspecified atom stereocenters. The molecule has 1 aliphatic rings. The van der Waals surface area contributed by atoms with E-state index in [1.807, 2.05) is 24.3 Å². The van der Waals surface area contributed by atoms with E-state index in [2.05, 4.69) is 0 Å². The molecule has 16 heavy (non-hydrogen) atoms. The second-order valence-corrected chi connectivity index (χ2v) is 4.49. The van der Waals surface area contributed by atoms with E-state index in [1.165, 1.54) is 0 Å². The van der Waals surface area contributed by atoms with Gasteiger partial charge in [-0.3, -0.25) is 4.79 Å². The maximum Gasteiger partial charge on any atom is 0.246 e. The molecule has 4 heteroatoms. The topological polar surface area (TPSA) is 55.6 Å². The fourth-order valence-corrected chi connectivity index (χ4v) is 1.73. The molecule has 0 atom stereocenters. The molecule has 0 aliphatic carbocycles. The molecule has 86 valence electrons. The van der Waals surface area contributed by atoms with E-state index in [9.17, 15) is 4.79 Å². The molecule has 0 bridgehead atoms. The Morgan fingerprint density at radius 3 is 2.81 bits per heavy atom. The smallest absolute Gasteiger partial charge is 0.246 e. The van der Waals surface area contributed by atoms with Gasteiger partial charge in [-0.15, -0.1) is 0 Å². The predicted molar refractivity (Wildman–Crippen MR) is 62.6 cm³/mol. The van der Waals surface area contributed by atoms with E-state index < -0.39 is 5.54 Å². The molecule has 1 aliphatic heterocycles. The van der Waals surface area contributed by atoms with Crippen LogP contribution in [0.3, 0.4) is 0 Å². The Bertz CT molecular complexity index is 410. The molecule has 1 aromatic rings. The second-order valence-electron chi connectivity index (χ2n) is 4.49. The van der Waals surface area contributed by atoms with Crippen molar-refractivity contribution < 1.29 is 9.53 Å².